The lowest BCUT2D eigenvalue weighted by atomic mass is 9.84. The maximum absolute atomic E-state index is 13.2. The summed E-state index contributed by atoms with van der Waals surface area (Å²) in [5.41, 5.74) is 0.464. The summed E-state index contributed by atoms with van der Waals surface area (Å²) in [4.78, 5) is 26.0. The molecular weight excluding hydrogens is 434 g/mol. The fourth-order valence-corrected chi connectivity index (χ4v) is 4.42. The number of carboxylic acid groups (broad SMARTS) is 1. The van der Waals surface area contributed by atoms with Crippen molar-refractivity contribution in [1.82, 2.24) is 4.90 Å². The van der Waals surface area contributed by atoms with Crippen molar-refractivity contribution < 1.29 is 19.8 Å². The molecule has 0 saturated carbocycles. The van der Waals surface area contributed by atoms with E-state index in [9.17, 15) is 14.7 Å². The number of fused-ring (bicyclic) bond motifs is 1. The van der Waals surface area contributed by atoms with Crippen LogP contribution in [0.25, 0.3) is 10.8 Å². The maximum Gasteiger partial charge on any atom is 0.335 e. The van der Waals surface area contributed by atoms with Crippen LogP contribution in [0.1, 0.15) is 39.1 Å². The number of aliphatic hydroxyl groups is 1. The second-order valence-corrected chi connectivity index (χ2v) is 8.20. The molecule has 1 aliphatic heterocycles. The molecule has 0 atom stereocenters. The first-order chi connectivity index (χ1) is 13.9. The number of piperidine rings is 1. The Hall–Kier alpha value is -2.70. The molecule has 29 heavy (non-hydrogen) atoms. The molecule has 4 rings (SSSR count). The van der Waals surface area contributed by atoms with E-state index in [2.05, 4.69) is 15.9 Å². The Morgan fingerprint density at radius 1 is 0.897 bits per heavy atom. The van der Waals surface area contributed by atoms with Gasteiger partial charge in [-0.3, -0.25) is 4.79 Å². The molecule has 0 unspecified atom stereocenters. The van der Waals surface area contributed by atoms with Crippen molar-refractivity contribution in [1.29, 1.82) is 0 Å². The van der Waals surface area contributed by atoms with Crippen molar-refractivity contribution in [3.05, 3.63) is 81.8 Å². The minimum atomic E-state index is -1.06. The van der Waals surface area contributed by atoms with E-state index in [1.165, 1.54) is 12.1 Å². The van der Waals surface area contributed by atoms with Gasteiger partial charge in [0.25, 0.3) is 5.91 Å². The van der Waals surface area contributed by atoms with E-state index in [4.69, 9.17) is 5.11 Å². The first-order valence-electron chi connectivity index (χ1n) is 9.42. The number of aromatic carboxylic acids is 1. The van der Waals surface area contributed by atoms with Crippen LogP contribution in [-0.2, 0) is 5.60 Å². The second kappa shape index (κ2) is 7.61. The Morgan fingerprint density at radius 2 is 1.52 bits per heavy atom. The van der Waals surface area contributed by atoms with Crippen molar-refractivity contribution in [2.24, 2.45) is 0 Å². The molecular formula is C23H20BrNO4. The highest BCUT2D eigenvalue weighted by molar-refractivity contribution is 9.10. The van der Waals surface area contributed by atoms with Crippen LogP contribution in [0.15, 0.2) is 65.1 Å². The molecule has 0 radical (unpaired) electrons. The van der Waals surface area contributed by atoms with Gasteiger partial charge in [-0.25, -0.2) is 4.79 Å². The third kappa shape index (κ3) is 3.66. The van der Waals surface area contributed by atoms with Gasteiger partial charge in [0.1, 0.15) is 0 Å². The molecule has 1 heterocycles. The Balaban J connectivity index is 1.53. The van der Waals surface area contributed by atoms with Gasteiger partial charge in [-0.15, -0.1) is 0 Å². The van der Waals surface area contributed by atoms with E-state index in [0.29, 0.717) is 37.1 Å². The number of benzene rings is 3. The van der Waals surface area contributed by atoms with Crippen molar-refractivity contribution in [3.63, 3.8) is 0 Å². The van der Waals surface area contributed by atoms with Crippen LogP contribution in [0.3, 0.4) is 0 Å². The largest absolute Gasteiger partial charge is 0.478 e. The zero-order valence-corrected chi connectivity index (χ0v) is 17.2. The average Bonchev–Trinajstić information content (AvgIpc) is 2.74. The summed E-state index contributed by atoms with van der Waals surface area (Å²) in [5.74, 6) is -1.04. The van der Waals surface area contributed by atoms with Gasteiger partial charge in [-0.05, 0) is 53.4 Å². The predicted octanol–water partition coefficient (Wildman–Crippen LogP) is 4.42. The smallest absolute Gasteiger partial charge is 0.335 e. The minimum Gasteiger partial charge on any atom is -0.478 e. The number of carboxylic acids is 1. The van der Waals surface area contributed by atoms with E-state index < -0.39 is 11.6 Å². The van der Waals surface area contributed by atoms with Gasteiger partial charge >= 0.3 is 5.97 Å². The number of amides is 1. The standard InChI is InChI=1S/C23H20BrNO4/c24-20-6-2-3-17-18(20)4-1-5-19(17)21(26)25-13-11-23(29,12-14-25)16-9-7-15(8-10-16)22(27)28/h1-10,29H,11-14H2,(H,27,28). The molecule has 0 spiro atoms. The molecule has 6 heteroatoms. The number of hydrogen-bond donors (Lipinski definition) is 2. The summed E-state index contributed by atoms with van der Waals surface area (Å²) in [6, 6.07) is 17.8. The van der Waals surface area contributed by atoms with Crippen molar-refractivity contribution in [2.75, 3.05) is 13.1 Å². The van der Waals surface area contributed by atoms with Gasteiger partial charge in [-0.1, -0.05) is 52.3 Å². The third-order valence-electron chi connectivity index (χ3n) is 5.65. The van der Waals surface area contributed by atoms with E-state index in [0.717, 1.165) is 15.2 Å². The molecule has 0 bridgehead atoms. The van der Waals surface area contributed by atoms with Gasteiger partial charge in [-0.2, -0.15) is 0 Å². The molecule has 1 amide bonds. The van der Waals surface area contributed by atoms with Crippen LogP contribution >= 0.6 is 15.9 Å². The van der Waals surface area contributed by atoms with E-state index in [1.54, 1.807) is 17.0 Å². The van der Waals surface area contributed by atoms with Crippen LogP contribution in [0.2, 0.25) is 0 Å². The number of carbonyl (C=O) groups is 2. The molecule has 0 aromatic heterocycles. The molecule has 5 nitrogen and oxygen atoms in total. The summed E-state index contributed by atoms with van der Waals surface area (Å²) in [7, 11) is 0. The van der Waals surface area contributed by atoms with E-state index in [1.807, 2.05) is 36.4 Å². The van der Waals surface area contributed by atoms with Gasteiger partial charge in [0, 0.05) is 23.1 Å². The van der Waals surface area contributed by atoms with E-state index in [-0.39, 0.29) is 11.5 Å². The number of likely N-dealkylation sites (tertiary alicyclic amines) is 1. The lowest BCUT2D eigenvalue weighted by molar-refractivity contribution is -0.0211. The van der Waals surface area contributed by atoms with Crippen LogP contribution in [0, 0.1) is 0 Å². The SMILES string of the molecule is O=C(O)c1ccc(C2(O)CCN(C(=O)c3cccc4c(Br)cccc34)CC2)cc1. The Bertz CT molecular complexity index is 1090. The first-order valence-corrected chi connectivity index (χ1v) is 10.2. The van der Waals surface area contributed by atoms with Gasteiger partial charge in [0.2, 0.25) is 0 Å². The van der Waals surface area contributed by atoms with Crippen LogP contribution in [0.4, 0.5) is 0 Å². The monoisotopic (exact) mass is 453 g/mol. The highest BCUT2D eigenvalue weighted by Gasteiger charge is 2.36. The highest BCUT2D eigenvalue weighted by atomic mass is 79.9. The van der Waals surface area contributed by atoms with Gasteiger partial charge < -0.3 is 15.1 Å². The molecule has 3 aromatic carbocycles. The molecule has 1 aliphatic rings. The molecule has 0 aliphatic carbocycles. The molecule has 148 valence electrons. The van der Waals surface area contributed by atoms with Crippen LogP contribution in [-0.4, -0.2) is 40.1 Å². The number of hydrogen-bond acceptors (Lipinski definition) is 3. The highest BCUT2D eigenvalue weighted by Crippen LogP contribution is 2.34. The topological polar surface area (TPSA) is 77.8 Å². The van der Waals surface area contributed by atoms with Crippen molar-refractivity contribution in [2.45, 2.75) is 18.4 Å². The quantitative estimate of drug-likeness (QED) is 0.614. The summed E-state index contributed by atoms with van der Waals surface area (Å²) < 4.78 is 0.947. The fourth-order valence-electron chi connectivity index (χ4n) is 3.92. The van der Waals surface area contributed by atoms with Gasteiger partial charge in [0.15, 0.2) is 0 Å². The fraction of sp³-hybridized carbons (Fsp3) is 0.217. The lowest BCUT2D eigenvalue weighted by Crippen LogP contribution is -2.45. The number of halogens is 1. The van der Waals surface area contributed by atoms with Gasteiger partial charge in [0.05, 0.1) is 11.2 Å². The number of nitrogens with zero attached hydrogens (tertiary/aromatic N) is 1. The maximum atomic E-state index is 13.2. The lowest BCUT2D eigenvalue weighted by Gasteiger charge is -2.38. The third-order valence-corrected chi connectivity index (χ3v) is 6.34. The molecule has 3 aromatic rings. The first kappa shape index (κ1) is 19.6. The molecule has 2 N–H and O–H groups in total. The number of rotatable bonds is 3. The van der Waals surface area contributed by atoms with E-state index >= 15 is 0 Å². The summed E-state index contributed by atoms with van der Waals surface area (Å²) in [6.07, 6.45) is 0.805. The Kier molecular flexibility index (Phi) is 5.15. The zero-order valence-electron chi connectivity index (χ0n) is 15.6. The predicted molar refractivity (Wildman–Crippen MR) is 114 cm³/mol. The summed E-state index contributed by atoms with van der Waals surface area (Å²) in [5, 5.41) is 22.0. The Morgan fingerprint density at radius 3 is 2.17 bits per heavy atom. The average molecular weight is 454 g/mol. The minimum absolute atomic E-state index is 0.0445. The zero-order chi connectivity index (χ0) is 20.6. The molecule has 1 fully saturated rings. The summed E-state index contributed by atoms with van der Waals surface area (Å²) in [6.45, 7) is 0.862. The second-order valence-electron chi connectivity index (χ2n) is 7.35. The van der Waals surface area contributed by atoms with Crippen LogP contribution in [0.5, 0.6) is 0 Å². The van der Waals surface area contributed by atoms with Crippen molar-refractivity contribution >= 4 is 38.6 Å². The number of carbonyl (C=O) groups excluding carboxylic acids is 1. The summed E-state index contributed by atoms with van der Waals surface area (Å²) >= 11 is 3.54. The van der Waals surface area contributed by atoms with Crippen LogP contribution < -0.4 is 0 Å². The normalized spacial score (nSPS) is 16.0. The Labute approximate surface area is 176 Å². The van der Waals surface area contributed by atoms with Crippen molar-refractivity contribution in [3.8, 4) is 0 Å². The molecule has 1 saturated heterocycles.